The highest BCUT2D eigenvalue weighted by Gasteiger charge is 2.36. The molecule has 1 atom stereocenters. The number of nitrogens with one attached hydrogen (secondary N) is 1. The Morgan fingerprint density at radius 3 is 2.58 bits per heavy atom. The highest BCUT2D eigenvalue weighted by molar-refractivity contribution is 5.43. The first-order chi connectivity index (χ1) is 8.79. The molecular formula is C13H17F3N2O. The summed E-state index contributed by atoms with van der Waals surface area (Å²) < 4.78 is 39.1. The SMILES string of the molecule is CN(C)CC(O)c1cc2c(c(C(F)(F)F)c1)CNC2. The van der Waals surface area contributed by atoms with Gasteiger partial charge in [-0.15, -0.1) is 0 Å². The molecule has 0 fully saturated rings. The minimum absolute atomic E-state index is 0.230. The number of likely N-dealkylation sites (N-methyl/N-ethyl adjacent to an activating group) is 1. The van der Waals surface area contributed by atoms with Crippen molar-refractivity contribution in [2.24, 2.45) is 0 Å². The van der Waals surface area contributed by atoms with Gasteiger partial charge in [-0.2, -0.15) is 13.2 Å². The van der Waals surface area contributed by atoms with E-state index in [1.165, 1.54) is 0 Å². The average Bonchev–Trinajstić information content (AvgIpc) is 2.72. The molecule has 1 aliphatic heterocycles. The molecule has 0 saturated carbocycles. The highest BCUT2D eigenvalue weighted by Crippen LogP contribution is 2.37. The number of alkyl halides is 3. The van der Waals surface area contributed by atoms with Crippen LogP contribution in [0.4, 0.5) is 13.2 Å². The molecule has 3 nitrogen and oxygen atoms in total. The third kappa shape index (κ3) is 3.08. The van der Waals surface area contributed by atoms with Gasteiger partial charge in [-0.05, 0) is 36.9 Å². The predicted octanol–water partition coefficient (Wildman–Crippen LogP) is 1.90. The molecule has 0 spiro atoms. The van der Waals surface area contributed by atoms with Gasteiger partial charge < -0.3 is 15.3 Å². The molecule has 2 N–H and O–H groups in total. The summed E-state index contributed by atoms with van der Waals surface area (Å²) in [7, 11) is 3.53. The van der Waals surface area contributed by atoms with Crippen molar-refractivity contribution in [3.8, 4) is 0 Å². The molecule has 1 aromatic carbocycles. The van der Waals surface area contributed by atoms with Crippen LogP contribution in [0.2, 0.25) is 0 Å². The number of aliphatic hydroxyl groups excluding tert-OH is 1. The first-order valence-corrected chi connectivity index (χ1v) is 6.05. The zero-order valence-electron chi connectivity index (χ0n) is 10.9. The van der Waals surface area contributed by atoms with Crippen LogP contribution in [0, 0.1) is 0 Å². The van der Waals surface area contributed by atoms with E-state index >= 15 is 0 Å². The van der Waals surface area contributed by atoms with Crippen LogP contribution in [0.3, 0.4) is 0 Å². The molecule has 1 aliphatic rings. The van der Waals surface area contributed by atoms with Crippen LogP contribution in [0.15, 0.2) is 12.1 Å². The van der Waals surface area contributed by atoms with Crippen LogP contribution in [-0.4, -0.2) is 30.6 Å². The monoisotopic (exact) mass is 274 g/mol. The molecule has 0 aliphatic carbocycles. The summed E-state index contributed by atoms with van der Waals surface area (Å²) in [6.07, 6.45) is -5.30. The zero-order valence-corrected chi connectivity index (χ0v) is 10.9. The first-order valence-electron chi connectivity index (χ1n) is 6.05. The minimum atomic E-state index is -4.38. The molecule has 19 heavy (non-hydrogen) atoms. The smallest absolute Gasteiger partial charge is 0.387 e. The largest absolute Gasteiger partial charge is 0.416 e. The Hall–Kier alpha value is -1.11. The average molecular weight is 274 g/mol. The van der Waals surface area contributed by atoms with Crippen molar-refractivity contribution >= 4 is 0 Å². The number of benzene rings is 1. The lowest BCUT2D eigenvalue weighted by molar-refractivity contribution is -0.138. The summed E-state index contributed by atoms with van der Waals surface area (Å²) >= 11 is 0. The van der Waals surface area contributed by atoms with Gasteiger partial charge in [0.2, 0.25) is 0 Å². The summed E-state index contributed by atoms with van der Waals surface area (Å²) in [5, 5.41) is 12.9. The molecule has 2 rings (SSSR count). The van der Waals surface area contributed by atoms with Crippen LogP contribution < -0.4 is 5.32 Å². The first kappa shape index (κ1) is 14.3. The standard InChI is InChI=1S/C13H17F3N2O/c1-18(2)7-12(19)8-3-9-5-17-6-10(9)11(4-8)13(14,15)16/h3-4,12,17,19H,5-7H2,1-2H3. The molecule has 6 heteroatoms. The quantitative estimate of drug-likeness (QED) is 0.883. The number of hydrogen-bond acceptors (Lipinski definition) is 3. The number of halogens is 3. The van der Waals surface area contributed by atoms with E-state index in [0.29, 0.717) is 29.8 Å². The molecule has 0 bridgehead atoms. The van der Waals surface area contributed by atoms with E-state index in [-0.39, 0.29) is 6.54 Å². The van der Waals surface area contributed by atoms with Gasteiger partial charge in [0.05, 0.1) is 11.7 Å². The van der Waals surface area contributed by atoms with E-state index in [1.807, 2.05) is 0 Å². The van der Waals surface area contributed by atoms with Crippen molar-refractivity contribution < 1.29 is 18.3 Å². The van der Waals surface area contributed by atoms with Gasteiger partial charge in [0.15, 0.2) is 0 Å². The lowest BCUT2D eigenvalue weighted by Crippen LogP contribution is -2.21. The van der Waals surface area contributed by atoms with Crippen molar-refractivity contribution in [1.82, 2.24) is 10.2 Å². The Morgan fingerprint density at radius 1 is 1.32 bits per heavy atom. The Morgan fingerprint density at radius 2 is 2.00 bits per heavy atom. The van der Waals surface area contributed by atoms with Crippen LogP contribution in [0.1, 0.15) is 28.4 Å². The third-order valence-electron chi connectivity index (χ3n) is 3.21. The molecule has 1 unspecified atom stereocenters. The number of hydrogen-bond donors (Lipinski definition) is 2. The normalized spacial score (nSPS) is 16.8. The third-order valence-corrected chi connectivity index (χ3v) is 3.21. The maximum atomic E-state index is 13.0. The summed E-state index contributed by atoms with van der Waals surface area (Å²) in [6.45, 7) is 0.943. The second kappa shape index (κ2) is 5.11. The van der Waals surface area contributed by atoms with Crippen LogP contribution in [-0.2, 0) is 19.3 Å². The van der Waals surface area contributed by atoms with Crippen LogP contribution in [0.25, 0.3) is 0 Å². The van der Waals surface area contributed by atoms with Gasteiger partial charge in [-0.1, -0.05) is 6.07 Å². The number of aliphatic hydroxyl groups is 1. The van der Waals surface area contributed by atoms with Gasteiger partial charge in [-0.25, -0.2) is 0 Å². The zero-order chi connectivity index (χ0) is 14.2. The van der Waals surface area contributed by atoms with Gasteiger partial charge >= 0.3 is 6.18 Å². The van der Waals surface area contributed by atoms with Crippen molar-refractivity contribution in [1.29, 1.82) is 0 Å². The summed E-state index contributed by atoms with van der Waals surface area (Å²) in [6, 6.07) is 2.73. The predicted molar refractivity (Wildman–Crippen MR) is 65.5 cm³/mol. The lowest BCUT2D eigenvalue weighted by Gasteiger charge is -2.19. The maximum absolute atomic E-state index is 13.0. The Bertz CT molecular complexity index is 472. The molecule has 0 amide bonds. The molecule has 0 radical (unpaired) electrons. The Labute approximate surface area is 110 Å². The fourth-order valence-electron chi connectivity index (χ4n) is 2.34. The highest BCUT2D eigenvalue weighted by atomic mass is 19.4. The number of rotatable bonds is 3. The molecule has 106 valence electrons. The summed E-state index contributed by atoms with van der Waals surface area (Å²) in [4.78, 5) is 1.74. The fraction of sp³-hybridized carbons (Fsp3) is 0.538. The molecular weight excluding hydrogens is 257 g/mol. The van der Waals surface area contributed by atoms with Crippen molar-refractivity contribution in [2.45, 2.75) is 25.4 Å². The second-order valence-corrected chi connectivity index (χ2v) is 5.09. The van der Waals surface area contributed by atoms with Gasteiger partial charge in [-0.3, -0.25) is 0 Å². The van der Waals surface area contributed by atoms with Crippen LogP contribution >= 0.6 is 0 Å². The topological polar surface area (TPSA) is 35.5 Å². The molecule has 0 aromatic heterocycles. The number of fused-ring (bicyclic) bond motifs is 1. The van der Waals surface area contributed by atoms with Crippen molar-refractivity contribution in [3.63, 3.8) is 0 Å². The Balaban J connectivity index is 2.42. The van der Waals surface area contributed by atoms with E-state index in [1.54, 1.807) is 25.1 Å². The lowest BCUT2D eigenvalue weighted by atomic mass is 9.96. The maximum Gasteiger partial charge on any atom is 0.416 e. The van der Waals surface area contributed by atoms with Gasteiger partial charge in [0.25, 0.3) is 0 Å². The van der Waals surface area contributed by atoms with E-state index < -0.39 is 17.8 Å². The van der Waals surface area contributed by atoms with Gasteiger partial charge in [0, 0.05) is 19.6 Å². The summed E-state index contributed by atoms with van der Waals surface area (Å²) in [5.74, 6) is 0. The van der Waals surface area contributed by atoms with Gasteiger partial charge in [0.1, 0.15) is 0 Å². The molecule has 1 heterocycles. The molecule has 0 saturated heterocycles. The minimum Gasteiger partial charge on any atom is -0.387 e. The summed E-state index contributed by atoms with van der Waals surface area (Å²) in [5.41, 5.74) is 0.613. The Kier molecular flexibility index (Phi) is 3.85. The van der Waals surface area contributed by atoms with Crippen LogP contribution in [0.5, 0.6) is 0 Å². The van der Waals surface area contributed by atoms with Crippen molar-refractivity contribution in [2.75, 3.05) is 20.6 Å². The fourth-order valence-corrected chi connectivity index (χ4v) is 2.34. The van der Waals surface area contributed by atoms with E-state index in [2.05, 4.69) is 5.32 Å². The van der Waals surface area contributed by atoms with E-state index in [4.69, 9.17) is 0 Å². The second-order valence-electron chi connectivity index (χ2n) is 5.09. The van der Waals surface area contributed by atoms with Crippen molar-refractivity contribution in [3.05, 3.63) is 34.4 Å². The molecule has 1 aromatic rings. The van der Waals surface area contributed by atoms with E-state index in [0.717, 1.165) is 6.07 Å². The number of nitrogens with zero attached hydrogens (tertiary/aromatic N) is 1. The van der Waals surface area contributed by atoms with E-state index in [9.17, 15) is 18.3 Å².